The summed E-state index contributed by atoms with van der Waals surface area (Å²) < 4.78 is 5.12. The topological polar surface area (TPSA) is 117 Å². The van der Waals surface area contributed by atoms with E-state index in [1.165, 1.54) is 42.5 Å². The van der Waals surface area contributed by atoms with E-state index in [9.17, 15) is 24.4 Å². The Hall–Kier alpha value is -4.20. The Balaban J connectivity index is 1.25. The zero-order valence-corrected chi connectivity index (χ0v) is 25.0. The van der Waals surface area contributed by atoms with E-state index >= 15 is 0 Å². The number of aromatic nitrogens is 1. The van der Waals surface area contributed by atoms with E-state index in [2.05, 4.69) is 11.1 Å². The van der Waals surface area contributed by atoms with Crippen LogP contribution in [0, 0.1) is 11.3 Å². The predicted octanol–water partition coefficient (Wildman–Crippen LogP) is 7.04. The van der Waals surface area contributed by atoms with Crippen LogP contribution in [0.15, 0.2) is 83.9 Å². The summed E-state index contributed by atoms with van der Waals surface area (Å²) in [7, 11) is 0. The van der Waals surface area contributed by atoms with Crippen molar-refractivity contribution in [1.29, 1.82) is 5.26 Å². The first-order valence-corrected chi connectivity index (χ1v) is 14.6. The highest BCUT2D eigenvalue weighted by Crippen LogP contribution is 2.36. The van der Waals surface area contributed by atoms with Crippen molar-refractivity contribution >= 4 is 75.8 Å². The average Bonchev–Trinajstić information content (AvgIpc) is 3.29. The fourth-order valence-electron chi connectivity index (χ4n) is 4.21. The van der Waals surface area contributed by atoms with Crippen LogP contribution in [0.25, 0.3) is 11.3 Å². The molecule has 2 heterocycles. The van der Waals surface area contributed by atoms with Gasteiger partial charge in [-0.2, -0.15) is 5.26 Å². The van der Waals surface area contributed by atoms with Crippen molar-refractivity contribution < 1.29 is 23.9 Å². The maximum atomic E-state index is 13.3. The molecule has 1 saturated heterocycles. The van der Waals surface area contributed by atoms with E-state index in [4.69, 9.17) is 39.5 Å². The standard InChI is InChI=1S/C31H18Cl3N3O5S/c32-21-7-1-17(2-8-21)25-12-6-20(15-35)29(36-25)43-27-14-28(39)37(30(27)40)22-9-3-18(4-10-22)31(41)42-16-26(38)19-5-11-23(33)24(34)13-19/h1-13,27H,14,16H2. The number of esters is 1. The van der Waals surface area contributed by atoms with Gasteiger partial charge in [-0.25, -0.2) is 14.7 Å². The molecule has 1 aliphatic rings. The highest BCUT2D eigenvalue weighted by atomic mass is 35.5. The number of amides is 2. The zero-order chi connectivity index (χ0) is 30.7. The lowest BCUT2D eigenvalue weighted by atomic mass is 10.1. The first kappa shape index (κ1) is 30.3. The number of thioether (sulfide) groups is 1. The summed E-state index contributed by atoms with van der Waals surface area (Å²) in [5.41, 5.74) is 2.28. The van der Waals surface area contributed by atoms with Gasteiger partial charge in [-0.05, 0) is 66.7 Å². The van der Waals surface area contributed by atoms with Crippen molar-refractivity contribution in [1.82, 2.24) is 4.98 Å². The highest BCUT2D eigenvalue weighted by Gasteiger charge is 2.41. The van der Waals surface area contributed by atoms with Gasteiger partial charge >= 0.3 is 5.97 Å². The zero-order valence-electron chi connectivity index (χ0n) is 21.9. The predicted molar refractivity (Wildman–Crippen MR) is 164 cm³/mol. The lowest BCUT2D eigenvalue weighted by Crippen LogP contribution is -2.31. The Morgan fingerprint density at radius 2 is 1.63 bits per heavy atom. The molecule has 0 aliphatic carbocycles. The van der Waals surface area contributed by atoms with Crippen molar-refractivity contribution in [2.45, 2.75) is 16.7 Å². The summed E-state index contributed by atoms with van der Waals surface area (Å²) >= 11 is 18.8. The molecule has 0 spiro atoms. The number of halogens is 3. The molecule has 8 nitrogen and oxygen atoms in total. The highest BCUT2D eigenvalue weighted by molar-refractivity contribution is 8.00. The second-order valence-electron chi connectivity index (χ2n) is 9.22. The number of pyridine rings is 1. The van der Waals surface area contributed by atoms with E-state index in [1.54, 1.807) is 36.4 Å². The average molecular weight is 651 g/mol. The minimum atomic E-state index is -0.801. The number of Topliss-reactive ketones (excluding diaryl/α,β-unsaturated/α-hetero) is 1. The van der Waals surface area contributed by atoms with Crippen LogP contribution < -0.4 is 4.90 Å². The SMILES string of the molecule is N#Cc1ccc(-c2ccc(Cl)cc2)nc1SC1CC(=O)N(c2ccc(C(=O)OCC(=O)c3ccc(Cl)c(Cl)c3)cc2)C1=O. The van der Waals surface area contributed by atoms with E-state index in [0.717, 1.165) is 22.2 Å². The minimum absolute atomic E-state index is 0.0954. The first-order valence-electron chi connectivity index (χ1n) is 12.6. The number of carbonyl (C=O) groups excluding carboxylic acids is 4. The van der Waals surface area contributed by atoms with Gasteiger partial charge in [0.15, 0.2) is 12.4 Å². The number of anilines is 1. The van der Waals surface area contributed by atoms with Crippen molar-refractivity contribution in [3.63, 3.8) is 0 Å². The molecular formula is C31H18Cl3N3O5S. The molecule has 0 saturated carbocycles. The van der Waals surface area contributed by atoms with Crippen molar-refractivity contribution in [3.8, 4) is 17.3 Å². The Kier molecular flexibility index (Phi) is 9.14. The lowest BCUT2D eigenvalue weighted by molar-refractivity contribution is -0.121. The smallest absolute Gasteiger partial charge is 0.338 e. The molecular weight excluding hydrogens is 633 g/mol. The van der Waals surface area contributed by atoms with Crippen molar-refractivity contribution in [2.75, 3.05) is 11.5 Å². The van der Waals surface area contributed by atoms with Crippen molar-refractivity contribution in [2.24, 2.45) is 0 Å². The molecule has 4 aromatic rings. The first-order chi connectivity index (χ1) is 20.6. The van der Waals surface area contributed by atoms with Gasteiger partial charge < -0.3 is 4.74 Å². The number of benzene rings is 3. The maximum Gasteiger partial charge on any atom is 0.338 e. The third-order valence-electron chi connectivity index (χ3n) is 6.42. The molecule has 0 N–H and O–H groups in total. The molecule has 0 bridgehead atoms. The van der Waals surface area contributed by atoms with Gasteiger partial charge in [0, 0.05) is 22.6 Å². The second-order valence-corrected chi connectivity index (χ2v) is 11.7. The second kappa shape index (κ2) is 13.0. The van der Waals surface area contributed by atoms with Crippen LogP contribution in [0.5, 0.6) is 0 Å². The number of carbonyl (C=O) groups is 4. The van der Waals surface area contributed by atoms with E-state index in [0.29, 0.717) is 20.8 Å². The molecule has 3 aromatic carbocycles. The largest absolute Gasteiger partial charge is 0.454 e. The van der Waals surface area contributed by atoms with E-state index < -0.39 is 35.4 Å². The molecule has 214 valence electrons. The number of ether oxygens (including phenoxy) is 1. The van der Waals surface area contributed by atoms with Gasteiger partial charge in [-0.1, -0.05) is 58.7 Å². The van der Waals surface area contributed by atoms with Crippen LogP contribution >= 0.6 is 46.6 Å². The summed E-state index contributed by atoms with van der Waals surface area (Å²) in [6, 6.07) is 22.5. The van der Waals surface area contributed by atoms with Crippen molar-refractivity contribution in [3.05, 3.63) is 111 Å². The molecule has 2 amide bonds. The van der Waals surface area contributed by atoms with Crippen LogP contribution in [0.4, 0.5) is 5.69 Å². The van der Waals surface area contributed by atoms with Crippen LogP contribution in [-0.4, -0.2) is 40.4 Å². The Morgan fingerprint density at radius 1 is 0.930 bits per heavy atom. The van der Waals surface area contributed by atoms with Crippen LogP contribution in [0.3, 0.4) is 0 Å². The summed E-state index contributed by atoms with van der Waals surface area (Å²) in [5.74, 6) is -2.13. The number of hydrogen-bond acceptors (Lipinski definition) is 8. The number of imide groups is 1. The molecule has 0 radical (unpaired) electrons. The third kappa shape index (κ3) is 6.74. The number of nitriles is 1. The van der Waals surface area contributed by atoms with Gasteiger partial charge in [0.2, 0.25) is 11.8 Å². The number of ketones is 1. The Labute approximate surface area is 265 Å². The number of rotatable bonds is 8. The van der Waals surface area contributed by atoms with Gasteiger partial charge in [0.05, 0.1) is 37.8 Å². The summed E-state index contributed by atoms with van der Waals surface area (Å²) in [6.07, 6.45) is -0.0954. The third-order valence-corrected chi connectivity index (χ3v) is 8.60. The molecule has 1 aliphatic heterocycles. The fourth-order valence-corrected chi connectivity index (χ4v) is 5.73. The van der Waals surface area contributed by atoms with Gasteiger partial charge in [-0.3, -0.25) is 14.4 Å². The molecule has 1 atom stereocenters. The Morgan fingerprint density at radius 3 is 2.30 bits per heavy atom. The molecule has 12 heteroatoms. The maximum absolute atomic E-state index is 13.3. The Bertz CT molecular complexity index is 1810. The molecule has 43 heavy (non-hydrogen) atoms. The van der Waals surface area contributed by atoms with Crippen LogP contribution in [-0.2, 0) is 14.3 Å². The normalized spacial score (nSPS) is 14.5. The monoisotopic (exact) mass is 649 g/mol. The van der Waals surface area contributed by atoms with Crippen LogP contribution in [0.1, 0.15) is 32.7 Å². The summed E-state index contributed by atoms with van der Waals surface area (Å²) in [5, 5.41) is 10.2. The molecule has 1 aromatic heterocycles. The minimum Gasteiger partial charge on any atom is -0.454 e. The quantitative estimate of drug-likeness (QED) is 0.113. The molecule has 1 unspecified atom stereocenters. The van der Waals surface area contributed by atoms with Crippen LogP contribution in [0.2, 0.25) is 15.1 Å². The molecule has 1 fully saturated rings. The lowest BCUT2D eigenvalue weighted by Gasteiger charge is -2.15. The fraction of sp³-hybridized carbons (Fsp3) is 0.0968. The number of nitrogens with zero attached hydrogens (tertiary/aromatic N) is 3. The number of hydrogen-bond donors (Lipinski definition) is 0. The van der Waals surface area contributed by atoms with Gasteiger partial charge in [0.25, 0.3) is 0 Å². The van der Waals surface area contributed by atoms with Gasteiger partial charge in [0.1, 0.15) is 11.1 Å². The van der Waals surface area contributed by atoms with E-state index in [-0.39, 0.29) is 33.8 Å². The van der Waals surface area contributed by atoms with E-state index in [1.807, 2.05) is 0 Å². The summed E-state index contributed by atoms with van der Waals surface area (Å²) in [4.78, 5) is 56.7. The van der Waals surface area contributed by atoms with Gasteiger partial charge in [-0.15, -0.1) is 0 Å². The molecule has 5 rings (SSSR count). The summed E-state index contributed by atoms with van der Waals surface area (Å²) in [6.45, 7) is -0.515.